The van der Waals surface area contributed by atoms with Crippen molar-refractivity contribution in [3.8, 4) is 11.5 Å². The van der Waals surface area contributed by atoms with E-state index in [1.807, 2.05) is 97.2 Å². The Labute approximate surface area is 227 Å². The Morgan fingerprint density at radius 3 is 2.24 bits per heavy atom. The van der Waals surface area contributed by atoms with Crippen molar-refractivity contribution in [3.63, 3.8) is 0 Å². The molecule has 5 rings (SSSR count). The molecule has 0 aromatic heterocycles. The molecule has 7 nitrogen and oxygen atoms in total. The molecule has 2 aliphatic heterocycles. The van der Waals surface area contributed by atoms with Gasteiger partial charge in [-0.15, -0.1) is 0 Å². The third kappa shape index (κ3) is 5.36. The number of amides is 2. The van der Waals surface area contributed by atoms with E-state index in [1.54, 1.807) is 0 Å². The van der Waals surface area contributed by atoms with Crippen LogP contribution >= 0.6 is 11.8 Å². The van der Waals surface area contributed by atoms with Crippen molar-refractivity contribution in [1.82, 2.24) is 4.90 Å². The lowest BCUT2D eigenvalue weighted by molar-refractivity contribution is -0.110. The molecular formula is C30H31N3O4S. The van der Waals surface area contributed by atoms with Crippen LogP contribution in [-0.4, -0.2) is 54.5 Å². The number of anilines is 2. The molecule has 2 heterocycles. The number of hydrogen-bond acceptors (Lipinski definition) is 6. The number of rotatable bonds is 8. The predicted octanol–water partition coefficient (Wildman–Crippen LogP) is 5.61. The van der Waals surface area contributed by atoms with E-state index in [1.165, 1.54) is 0 Å². The van der Waals surface area contributed by atoms with Crippen LogP contribution in [0.1, 0.15) is 35.3 Å². The van der Waals surface area contributed by atoms with E-state index in [-0.39, 0.29) is 11.8 Å². The summed E-state index contributed by atoms with van der Waals surface area (Å²) in [4.78, 5) is 28.2. The molecule has 38 heavy (non-hydrogen) atoms. The Bertz CT molecular complexity index is 1350. The lowest BCUT2D eigenvalue weighted by Gasteiger charge is -2.26. The van der Waals surface area contributed by atoms with Gasteiger partial charge in [-0.1, -0.05) is 30.3 Å². The molecule has 196 valence electrons. The van der Waals surface area contributed by atoms with Crippen LogP contribution in [-0.2, 0) is 4.79 Å². The average molecular weight is 530 g/mol. The van der Waals surface area contributed by atoms with E-state index < -0.39 is 0 Å². The standard InChI is InChI=1S/C30H31N3O4S/c1-3-36-25-18-23-24(19-26(25)37-4-2)32-29(34)27(23)28(20-8-6-5-7-9-20)31-22-12-10-21(11-13-22)30(35)33-14-16-38-17-15-33/h5-13,18-19,31H,3-4,14-17H2,1-2H3,(H,32,34)/b28-27-. The highest BCUT2D eigenvalue weighted by atomic mass is 32.2. The van der Waals surface area contributed by atoms with Crippen LogP contribution in [0.4, 0.5) is 11.4 Å². The minimum atomic E-state index is -0.211. The first-order valence-electron chi connectivity index (χ1n) is 12.9. The van der Waals surface area contributed by atoms with Crippen LogP contribution in [0.3, 0.4) is 0 Å². The quantitative estimate of drug-likeness (QED) is 0.370. The van der Waals surface area contributed by atoms with E-state index in [9.17, 15) is 9.59 Å². The molecule has 0 radical (unpaired) electrons. The first-order chi connectivity index (χ1) is 18.6. The van der Waals surface area contributed by atoms with Gasteiger partial charge in [-0.25, -0.2) is 0 Å². The van der Waals surface area contributed by atoms with Crippen molar-refractivity contribution in [1.29, 1.82) is 0 Å². The summed E-state index contributed by atoms with van der Waals surface area (Å²) < 4.78 is 11.6. The van der Waals surface area contributed by atoms with E-state index in [4.69, 9.17) is 9.47 Å². The van der Waals surface area contributed by atoms with Crippen molar-refractivity contribution in [2.45, 2.75) is 13.8 Å². The summed E-state index contributed by atoms with van der Waals surface area (Å²) in [6.07, 6.45) is 0. The zero-order valence-electron chi connectivity index (χ0n) is 21.6. The molecule has 3 aromatic carbocycles. The molecular weight excluding hydrogens is 498 g/mol. The van der Waals surface area contributed by atoms with Gasteiger partial charge >= 0.3 is 0 Å². The van der Waals surface area contributed by atoms with Crippen molar-refractivity contribution in [2.75, 3.05) is 48.4 Å². The lowest BCUT2D eigenvalue weighted by atomic mass is 9.99. The zero-order valence-corrected chi connectivity index (χ0v) is 22.4. The molecule has 0 bridgehead atoms. The number of nitrogens with zero attached hydrogens (tertiary/aromatic N) is 1. The van der Waals surface area contributed by atoms with Crippen molar-refractivity contribution < 1.29 is 19.1 Å². The molecule has 0 unspecified atom stereocenters. The van der Waals surface area contributed by atoms with Crippen LogP contribution in [0, 0.1) is 0 Å². The normalized spacial score (nSPS) is 15.9. The molecule has 3 aromatic rings. The Balaban J connectivity index is 1.53. The molecule has 0 spiro atoms. The van der Waals surface area contributed by atoms with Gasteiger partial charge in [0.1, 0.15) is 0 Å². The molecule has 2 aliphatic rings. The SMILES string of the molecule is CCOc1cc2c(cc1OCC)/C(=C(/Nc1ccc(C(=O)N3CCSCC3)cc1)c1ccccc1)C(=O)N2. The predicted molar refractivity (Wildman–Crippen MR) is 154 cm³/mol. The van der Waals surface area contributed by atoms with Gasteiger partial charge in [-0.2, -0.15) is 11.8 Å². The average Bonchev–Trinajstić information content (AvgIpc) is 3.27. The maximum atomic E-state index is 13.4. The second kappa shape index (κ2) is 11.6. The van der Waals surface area contributed by atoms with Crippen molar-refractivity contribution >= 4 is 46.2 Å². The number of hydrogen-bond donors (Lipinski definition) is 2. The minimum Gasteiger partial charge on any atom is -0.490 e. The number of carbonyl (C=O) groups is 2. The third-order valence-corrected chi connectivity index (χ3v) is 7.38. The Morgan fingerprint density at radius 1 is 0.921 bits per heavy atom. The maximum absolute atomic E-state index is 13.4. The summed E-state index contributed by atoms with van der Waals surface area (Å²) in [5, 5.41) is 6.45. The molecule has 2 N–H and O–H groups in total. The fourth-order valence-corrected chi connectivity index (χ4v) is 5.54. The largest absolute Gasteiger partial charge is 0.490 e. The van der Waals surface area contributed by atoms with Gasteiger partial charge in [0.2, 0.25) is 0 Å². The van der Waals surface area contributed by atoms with Crippen molar-refractivity contribution in [2.24, 2.45) is 0 Å². The number of thioether (sulfide) groups is 1. The highest BCUT2D eigenvalue weighted by Gasteiger charge is 2.30. The highest BCUT2D eigenvalue weighted by molar-refractivity contribution is 7.99. The van der Waals surface area contributed by atoms with Gasteiger partial charge in [0.05, 0.1) is 30.2 Å². The first-order valence-corrected chi connectivity index (χ1v) is 14.0. The summed E-state index contributed by atoms with van der Waals surface area (Å²) in [5.41, 5.74) is 4.89. The zero-order chi connectivity index (χ0) is 26.5. The molecule has 0 atom stereocenters. The topological polar surface area (TPSA) is 79.9 Å². The summed E-state index contributed by atoms with van der Waals surface area (Å²) in [7, 11) is 0. The number of nitrogens with one attached hydrogen (secondary N) is 2. The second-order valence-corrected chi connectivity index (χ2v) is 10.1. The highest BCUT2D eigenvalue weighted by Crippen LogP contribution is 2.43. The molecule has 0 saturated carbocycles. The maximum Gasteiger partial charge on any atom is 0.258 e. The van der Waals surface area contributed by atoms with Crippen LogP contribution in [0.5, 0.6) is 11.5 Å². The summed E-state index contributed by atoms with van der Waals surface area (Å²) >= 11 is 1.88. The Morgan fingerprint density at radius 2 is 1.58 bits per heavy atom. The summed E-state index contributed by atoms with van der Waals surface area (Å²) in [5.74, 6) is 2.97. The smallest absolute Gasteiger partial charge is 0.258 e. The lowest BCUT2D eigenvalue weighted by Crippen LogP contribution is -2.37. The fraction of sp³-hybridized carbons (Fsp3) is 0.267. The van der Waals surface area contributed by atoms with Gasteiger partial charge in [-0.05, 0) is 49.7 Å². The van der Waals surface area contributed by atoms with Crippen molar-refractivity contribution in [3.05, 3.63) is 83.4 Å². The van der Waals surface area contributed by atoms with Crippen LogP contribution < -0.4 is 20.1 Å². The van der Waals surface area contributed by atoms with Gasteiger partial charge in [0, 0.05) is 47.5 Å². The summed E-state index contributed by atoms with van der Waals surface area (Å²) in [6.45, 7) is 6.34. The van der Waals surface area contributed by atoms with E-state index in [0.717, 1.165) is 41.4 Å². The number of carbonyl (C=O) groups excluding carboxylic acids is 2. The number of benzene rings is 3. The van der Waals surface area contributed by atoms with E-state index in [0.29, 0.717) is 47.2 Å². The van der Waals surface area contributed by atoms with Crippen LogP contribution in [0.15, 0.2) is 66.7 Å². The van der Waals surface area contributed by atoms with E-state index >= 15 is 0 Å². The number of ether oxygens (including phenoxy) is 2. The second-order valence-electron chi connectivity index (χ2n) is 8.89. The van der Waals surface area contributed by atoms with Gasteiger partial charge < -0.3 is 25.0 Å². The molecule has 1 fully saturated rings. The third-order valence-electron chi connectivity index (χ3n) is 6.44. The number of fused-ring (bicyclic) bond motifs is 1. The molecule has 0 aliphatic carbocycles. The van der Waals surface area contributed by atoms with E-state index in [2.05, 4.69) is 10.6 Å². The minimum absolute atomic E-state index is 0.0520. The Hall–Kier alpha value is -3.91. The van der Waals surface area contributed by atoms with Gasteiger partial charge in [0.25, 0.3) is 11.8 Å². The van der Waals surface area contributed by atoms with Gasteiger partial charge in [-0.3, -0.25) is 9.59 Å². The molecule has 1 saturated heterocycles. The molecule has 8 heteroatoms. The monoisotopic (exact) mass is 529 g/mol. The molecule has 2 amide bonds. The Kier molecular flexibility index (Phi) is 7.89. The van der Waals surface area contributed by atoms with Crippen LogP contribution in [0.25, 0.3) is 11.3 Å². The fourth-order valence-electron chi connectivity index (χ4n) is 4.64. The van der Waals surface area contributed by atoms with Gasteiger partial charge in [0.15, 0.2) is 11.5 Å². The summed E-state index contributed by atoms with van der Waals surface area (Å²) in [6, 6.07) is 20.9. The first kappa shape index (κ1) is 25.7. The van der Waals surface area contributed by atoms with Crippen LogP contribution in [0.2, 0.25) is 0 Å².